The number of urea groups is 1. The van der Waals surface area contributed by atoms with Gasteiger partial charge in [0.15, 0.2) is 0 Å². The zero-order valence-electron chi connectivity index (χ0n) is 13.3. The molecule has 1 aliphatic rings. The summed E-state index contributed by atoms with van der Waals surface area (Å²) in [7, 11) is 3.34. The van der Waals surface area contributed by atoms with Gasteiger partial charge in [-0.25, -0.2) is 13.6 Å². The third-order valence-electron chi connectivity index (χ3n) is 3.93. The van der Waals surface area contributed by atoms with Crippen LogP contribution in [-0.4, -0.2) is 29.9 Å². The number of carbonyl (C=O) groups excluding carboxylic acids is 1. The molecule has 3 nitrogen and oxygen atoms in total. The van der Waals surface area contributed by atoms with Gasteiger partial charge in [0.1, 0.15) is 11.6 Å². The maximum Gasteiger partial charge on any atom is 0.327 e. The SMILES string of the molecule is CN1C=CC(=C(c2ccc(F)cc2)c2ccc(F)cc2)N(C)C1=O. The Morgan fingerprint density at radius 3 is 1.75 bits per heavy atom. The van der Waals surface area contributed by atoms with Crippen LogP contribution in [0.5, 0.6) is 0 Å². The van der Waals surface area contributed by atoms with E-state index in [1.807, 2.05) is 6.08 Å². The molecule has 2 amide bonds. The van der Waals surface area contributed by atoms with E-state index in [2.05, 4.69) is 0 Å². The van der Waals surface area contributed by atoms with Crippen LogP contribution in [0.2, 0.25) is 0 Å². The van der Waals surface area contributed by atoms with Gasteiger partial charge in [0.25, 0.3) is 0 Å². The molecule has 0 saturated heterocycles. The quantitative estimate of drug-likeness (QED) is 0.810. The fourth-order valence-electron chi connectivity index (χ4n) is 2.64. The Hall–Kier alpha value is -2.95. The maximum atomic E-state index is 13.3. The lowest BCUT2D eigenvalue weighted by atomic mass is 9.95. The first-order valence-electron chi connectivity index (χ1n) is 7.42. The Labute approximate surface area is 139 Å². The fourth-order valence-corrected chi connectivity index (χ4v) is 2.64. The minimum atomic E-state index is -0.342. The first-order valence-corrected chi connectivity index (χ1v) is 7.42. The molecule has 2 aromatic rings. The summed E-state index contributed by atoms with van der Waals surface area (Å²) in [6, 6.07) is 11.8. The minimum Gasteiger partial charge on any atom is -0.304 e. The van der Waals surface area contributed by atoms with Crippen LogP contribution in [0.15, 0.2) is 66.5 Å². The Morgan fingerprint density at radius 2 is 1.29 bits per heavy atom. The Morgan fingerprint density at radius 1 is 0.833 bits per heavy atom. The largest absolute Gasteiger partial charge is 0.327 e. The molecular weight excluding hydrogens is 310 g/mol. The number of likely N-dealkylation sites (N-methyl/N-ethyl adjacent to an activating group) is 1. The molecule has 3 rings (SSSR count). The highest BCUT2D eigenvalue weighted by Gasteiger charge is 2.23. The predicted molar refractivity (Wildman–Crippen MR) is 88.9 cm³/mol. The zero-order chi connectivity index (χ0) is 17.3. The second-order valence-electron chi connectivity index (χ2n) is 5.54. The Balaban J connectivity index is 2.24. The van der Waals surface area contributed by atoms with Crippen molar-refractivity contribution in [2.45, 2.75) is 0 Å². The van der Waals surface area contributed by atoms with E-state index in [1.165, 1.54) is 34.1 Å². The van der Waals surface area contributed by atoms with Gasteiger partial charge in [-0.2, -0.15) is 0 Å². The number of halogens is 2. The summed E-state index contributed by atoms with van der Waals surface area (Å²) in [4.78, 5) is 15.2. The molecule has 122 valence electrons. The highest BCUT2D eigenvalue weighted by atomic mass is 19.1. The summed E-state index contributed by atoms with van der Waals surface area (Å²) in [6.45, 7) is 0. The molecule has 2 aromatic carbocycles. The number of allylic oxidation sites excluding steroid dienone is 1. The van der Waals surface area contributed by atoms with Gasteiger partial charge < -0.3 is 4.90 Å². The normalized spacial score (nSPS) is 14.3. The van der Waals surface area contributed by atoms with E-state index in [-0.39, 0.29) is 17.7 Å². The van der Waals surface area contributed by atoms with Crippen LogP contribution in [0.25, 0.3) is 5.57 Å². The number of hydrogen-bond acceptors (Lipinski definition) is 1. The van der Waals surface area contributed by atoms with Crippen molar-refractivity contribution >= 4 is 11.6 Å². The third-order valence-corrected chi connectivity index (χ3v) is 3.93. The van der Waals surface area contributed by atoms with Crippen LogP contribution in [0.4, 0.5) is 13.6 Å². The van der Waals surface area contributed by atoms with E-state index < -0.39 is 0 Å². The van der Waals surface area contributed by atoms with Gasteiger partial charge in [-0.1, -0.05) is 24.3 Å². The van der Waals surface area contributed by atoms with E-state index in [0.29, 0.717) is 5.70 Å². The van der Waals surface area contributed by atoms with E-state index in [4.69, 9.17) is 0 Å². The smallest absolute Gasteiger partial charge is 0.304 e. The molecule has 0 bridgehead atoms. The first kappa shape index (κ1) is 15.9. The molecule has 0 aliphatic carbocycles. The lowest BCUT2D eigenvalue weighted by Crippen LogP contribution is -2.38. The summed E-state index contributed by atoms with van der Waals surface area (Å²) in [5.74, 6) is -0.684. The van der Waals surface area contributed by atoms with Gasteiger partial charge in [-0.15, -0.1) is 0 Å². The summed E-state index contributed by atoms with van der Waals surface area (Å²) < 4.78 is 26.6. The van der Waals surface area contributed by atoms with Crippen LogP contribution >= 0.6 is 0 Å². The number of carbonyl (C=O) groups is 1. The molecule has 0 fully saturated rings. The lowest BCUT2D eigenvalue weighted by molar-refractivity contribution is 0.196. The van der Waals surface area contributed by atoms with Crippen molar-refractivity contribution in [1.82, 2.24) is 9.80 Å². The van der Waals surface area contributed by atoms with Crippen molar-refractivity contribution in [3.05, 3.63) is 89.3 Å². The molecule has 0 unspecified atom stereocenters. The van der Waals surface area contributed by atoms with Gasteiger partial charge in [-0.05, 0) is 41.5 Å². The summed E-state index contributed by atoms with van der Waals surface area (Å²) in [5, 5.41) is 0. The van der Waals surface area contributed by atoms with Gasteiger partial charge in [0, 0.05) is 25.9 Å². The summed E-state index contributed by atoms with van der Waals surface area (Å²) in [6.07, 6.45) is 3.48. The standard InChI is InChI=1S/C19H16F2N2O/c1-22-12-11-17(23(2)19(22)24)18(13-3-7-15(20)8-4-13)14-5-9-16(21)10-6-14/h3-12H,1-2H3. The van der Waals surface area contributed by atoms with Crippen molar-refractivity contribution < 1.29 is 13.6 Å². The van der Waals surface area contributed by atoms with E-state index in [0.717, 1.165) is 16.7 Å². The van der Waals surface area contributed by atoms with Crippen molar-refractivity contribution in [2.75, 3.05) is 14.1 Å². The topological polar surface area (TPSA) is 23.6 Å². The number of hydrogen-bond donors (Lipinski definition) is 0. The minimum absolute atomic E-state index is 0.186. The second kappa shape index (κ2) is 6.28. The van der Waals surface area contributed by atoms with Crippen LogP contribution in [0.1, 0.15) is 11.1 Å². The average Bonchev–Trinajstić information content (AvgIpc) is 2.58. The van der Waals surface area contributed by atoms with Crippen LogP contribution in [0.3, 0.4) is 0 Å². The lowest BCUT2D eigenvalue weighted by Gasteiger charge is -2.30. The zero-order valence-corrected chi connectivity index (χ0v) is 13.3. The number of rotatable bonds is 2. The summed E-state index contributed by atoms with van der Waals surface area (Å²) in [5.41, 5.74) is 2.88. The van der Waals surface area contributed by atoms with Crippen LogP contribution < -0.4 is 0 Å². The predicted octanol–water partition coefficient (Wildman–Crippen LogP) is 4.24. The molecule has 0 spiro atoms. The molecule has 1 heterocycles. The maximum absolute atomic E-state index is 13.3. The molecule has 1 aliphatic heterocycles. The van der Waals surface area contributed by atoms with Crippen molar-refractivity contribution in [3.63, 3.8) is 0 Å². The first-order chi connectivity index (χ1) is 11.5. The highest BCUT2D eigenvalue weighted by Crippen LogP contribution is 2.31. The molecular formula is C19H16F2N2O. The second-order valence-corrected chi connectivity index (χ2v) is 5.54. The van der Waals surface area contributed by atoms with Crippen LogP contribution in [-0.2, 0) is 0 Å². The van der Waals surface area contributed by atoms with Gasteiger partial charge in [-0.3, -0.25) is 4.90 Å². The van der Waals surface area contributed by atoms with E-state index in [1.54, 1.807) is 44.6 Å². The van der Waals surface area contributed by atoms with E-state index in [9.17, 15) is 13.6 Å². The fraction of sp³-hybridized carbons (Fsp3) is 0.105. The van der Waals surface area contributed by atoms with Crippen molar-refractivity contribution in [1.29, 1.82) is 0 Å². The highest BCUT2D eigenvalue weighted by molar-refractivity contribution is 5.89. The number of benzene rings is 2. The molecule has 24 heavy (non-hydrogen) atoms. The van der Waals surface area contributed by atoms with Crippen LogP contribution in [0, 0.1) is 11.6 Å². The Bertz CT molecular complexity index is 776. The molecule has 5 heteroatoms. The molecule has 0 radical (unpaired) electrons. The van der Waals surface area contributed by atoms with Gasteiger partial charge in [0.2, 0.25) is 0 Å². The van der Waals surface area contributed by atoms with Gasteiger partial charge in [0.05, 0.1) is 5.70 Å². The molecule has 0 atom stereocenters. The van der Waals surface area contributed by atoms with E-state index >= 15 is 0 Å². The molecule has 0 aromatic heterocycles. The Kier molecular flexibility index (Phi) is 4.16. The summed E-state index contributed by atoms with van der Waals surface area (Å²) >= 11 is 0. The average molecular weight is 326 g/mol. The number of nitrogens with zero attached hydrogens (tertiary/aromatic N) is 2. The molecule has 0 saturated carbocycles. The number of amides is 2. The third kappa shape index (κ3) is 2.93. The molecule has 0 N–H and O–H groups in total. The monoisotopic (exact) mass is 326 g/mol. The van der Waals surface area contributed by atoms with Crippen molar-refractivity contribution in [2.24, 2.45) is 0 Å². The van der Waals surface area contributed by atoms with Crippen molar-refractivity contribution in [3.8, 4) is 0 Å². The van der Waals surface area contributed by atoms with Gasteiger partial charge >= 0.3 is 6.03 Å².